The third kappa shape index (κ3) is 2.21. The zero-order valence-electron chi connectivity index (χ0n) is 9.53. The highest BCUT2D eigenvalue weighted by atomic mass is 16.3. The van der Waals surface area contributed by atoms with Crippen molar-refractivity contribution in [3.63, 3.8) is 0 Å². The van der Waals surface area contributed by atoms with Crippen LogP contribution < -0.4 is 0 Å². The third-order valence-electron chi connectivity index (χ3n) is 3.30. The number of aliphatic hydroxyl groups is 1. The second-order valence-corrected chi connectivity index (χ2v) is 4.59. The number of hydrogen-bond acceptors (Lipinski definition) is 2. The molecule has 0 saturated carbocycles. The molecule has 1 N–H and O–H groups in total. The van der Waals surface area contributed by atoms with Crippen molar-refractivity contribution in [2.75, 3.05) is 13.3 Å². The molecule has 1 heterocycles. The Kier molecular flexibility index (Phi) is 3.08. The smallest absolute Gasteiger partial charge is 0.0959 e. The highest BCUT2D eigenvalue weighted by molar-refractivity contribution is 5.34. The van der Waals surface area contributed by atoms with Crippen LogP contribution in [-0.4, -0.2) is 23.3 Å². The van der Waals surface area contributed by atoms with E-state index in [2.05, 4.69) is 36.9 Å². The summed E-state index contributed by atoms with van der Waals surface area (Å²) in [5.74, 6) is 0.608. The van der Waals surface area contributed by atoms with E-state index in [0.29, 0.717) is 5.92 Å². The van der Waals surface area contributed by atoms with Crippen LogP contribution in [0, 0.1) is 6.92 Å². The average Bonchev–Trinajstić information content (AvgIpc) is 2.39. The number of aryl methyl sites for hydroxylation is 1. The first-order valence-electron chi connectivity index (χ1n) is 5.63. The lowest BCUT2D eigenvalue weighted by Gasteiger charge is -2.16. The van der Waals surface area contributed by atoms with E-state index in [4.69, 9.17) is 0 Å². The minimum Gasteiger partial charge on any atom is -0.381 e. The molecule has 1 aliphatic rings. The van der Waals surface area contributed by atoms with Crippen molar-refractivity contribution in [3.05, 3.63) is 34.9 Å². The highest BCUT2D eigenvalue weighted by Gasteiger charge is 2.18. The zero-order valence-corrected chi connectivity index (χ0v) is 9.53. The molecular formula is C13H19NO. The molecule has 0 spiro atoms. The van der Waals surface area contributed by atoms with Crippen molar-refractivity contribution in [1.29, 1.82) is 0 Å². The fraction of sp³-hybridized carbons (Fsp3) is 0.538. The van der Waals surface area contributed by atoms with Crippen molar-refractivity contribution >= 4 is 0 Å². The van der Waals surface area contributed by atoms with Crippen molar-refractivity contribution in [1.82, 2.24) is 4.90 Å². The Balaban J connectivity index is 2.35. The number of rotatable bonds is 1. The third-order valence-corrected chi connectivity index (χ3v) is 3.30. The van der Waals surface area contributed by atoms with Gasteiger partial charge in [-0.1, -0.05) is 30.7 Å². The van der Waals surface area contributed by atoms with Crippen LogP contribution in [0.3, 0.4) is 0 Å². The molecule has 0 saturated heterocycles. The molecule has 2 heteroatoms. The van der Waals surface area contributed by atoms with E-state index in [0.717, 1.165) is 19.5 Å². The van der Waals surface area contributed by atoms with Gasteiger partial charge in [-0.25, -0.2) is 0 Å². The summed E-state index contributed by atoms with van der Waals surface area (Å²) >= 11 is 0. The maximum absolute atomic E-state index is 9.21. The predicted molar refractivity (Wildman–Crippen MR) is 61.7 cm³/mol. The van der Waals surface area contributed by atoms with Crippen molar-refractivity contribution in [2.24, 2.45) is 0 Å². The van der Waals surface area contributed by atoms with Gasteiger partial charge in [0.1, 0.15) is 0 Å². The summed E-state index contributed by atoms with van der Waals surface area (Å²) < 4.78 is 0. The molecule has 1 aliphatic heterocycles. The van der Waals surface area contributed by atoms with Crippen LogP contribution >= 0.6 is 0 Å². The van der Waals surface area contributed by atoms with Gasteiger partial charge < -0.3 is 5.11 Å². The first kappa shape index (κ1) is 10.7. The van der Waals surface area contributed by atoms with Gasteiger partial charge in [-0.05, 0) is 30.4 Å². The summed E-state index contributed by atoms with van der Waals surface area (Å²) in [6, 6.07) is 6.66. The molecule has 2 nitrogen and oxygen atoms in total. The molecule has 2 rings (SSSR count). The second kappa shape index (κ2) is 4.33. The van der Waals surface area contributed by atoms with Gasteiger partial charge in [0.05, 0.1) is 6.73 Å². The van der Waals surface area contributed by atoms with E-state index in [-0.39, 0.29) is 6.73 Å². The zero-order chi connectivity index (χ0) is 10.8. The lowest BCUT2D eigenvalue weighted by atomic mass is 9.93. The number of hydrogen-bond donors (Lipinski definition) is 1. The maximum atomic E-state index is 9.21. The fourth-order valence-electron chi connectivity index (χ4n) is 2.29. The van der Waals surface area contributed by atoms with Gasteiger partial charge in [0, 0.05) is 13.1 Å². The minimum absolute atomic E-state index is 0.167. The first-order valence-corrected chi connectivity index (χ1v) is 5.63. The van der Waals surface area contributed by atoms with Crippen LogP contribution in [-0.2, 0) is 6.54 Å². The molecule has 1 aromatic carbocycles. The van der Waals surface area contributed by atoms with Gasteiger partial charge in [-0.2, -0.15) is 0 Å². The van der Waals surface area contributed by atoms with Crippen LogP contribution in [0.15, 0.2) is 18.2 Å². The second-order valence-electron chi connectivity index (χ2n) is 4.59. The maximum Gasteiger partial charge on any atom is 0.0959 e. The van der Waals surface area contributed by atoms with E-state index >= 15 is 0 Å². The highest BCUT2D eigenvalue weighted by Crippen LogP contribution is 2.28. The van der Waals surface area contributed by atoms with E-state index in [1.807, 2.05) is 0 Å². The molecule has 0 aliphatic carbocycles. The Labute approximate surface area is 91.5 Å². The number of benzene rings is 1. The van der Waals surface area contributed by atoms with Crippen LogP contribution in [0.2, 0.25) is 0 Å². The molecule has 15 heavy (non-hydrogen) atoms. The summed E-state index contributed by atoms with van der Waals surface area (Å²) in [6.07, 6.45) is 1.14. The SMILES string of the molecule is Cc1ccc2c(c1)C(C)CCN(CO)C2. The largest absolute Gasteiger partial charge is 0.381 e. The first-order chi connectivity index (χ1) is 7.20. The molecule has 1 unspecified atom stereocenters. The summed E-state index contributed by atoms with van der Waals surface area (Å²) in [6.45, 7) is 6.46. The van der Waals surface area contributed by atoms with Crippen LogP contribution in [0.5, 0.6) is 0 Å². The molecule has 0 aromatic heterocycles. The lowest BCUT2D eigenvalue weighted by molar-refractivity contribution is 0.101. The van der Waals surface area contributed by atoms with E-state index in [1.54, 1.807) is 0 Å². The van der Waals surface area contributed by atoms with Gasteiger partial charge in [0.2, 0.25) is 0 Å². The summed E-state index contributed by atoms with van der Waals surface area (Å²) in [5, 5.41) is 9.21. The van der Waals surface area contributed by atoms with Gasteiger partial charge in [-0.15, -0.1) is 0 Å². The van der Waals surface area contributed by atoms with E-state index < -0.39 is 0 Å². The Bertz CT molecular complexity index is 348. The quantitative estimate of drug-likeness (QED) is 0.760. The Morgan fingerprint density at radius 2 is 2.27 bits per heavy atom. The van der Waals surface area contributed by atoms with Gasteiger partial charge in [0.25, 0.3) is 0 Å². The molecular weight excluding hydrogens is 186 g/mol. The number of aliphatic hydroxyl groups excluding tert-OH is 1. The Morgan fingerprint density at radius 1 is 1.47 bits per heavy atom. The van der Waals surface area contributed by atoms with E-state index in [9.17, 15) is 5.11 Å². The summed E-state index contributed by atoms with van der Waals surface area (Å²) in [7, 11) is 0. The predicted octanol–water partition coefficient (Wildman–Crippen LogP) is 2.25. The fourth-order valence-corrected chi connectivity index (χ4v) is 2.29. The molecule has 82 valence electrons. The van der Waals surface area contributed by atoms with Crippen molar-refractivity contribution in [3.8, 4) is 0 Å². The summed E-state index contributed by atoms with van der Waals surface area (Å²) in [4.78, 5) is 2.09. The van der Waals surface area contributed by atoms with Gasteiger partial charge in [0.15, 0.2) is 0 Å². The molecule has 0 bridgehead atoms. The van der Waals surface area contributed by atoms with Crippen LogP contribution in [0.1, 0.15) is 36.0 Å². The van der Waals surface area contributed by atoms with Crippen molar-refractivity contribution < 1.29 is 5.11 Å². The monoisotopic (exact) mass is 205 g/mol. The standard InChI is InChI=1S/C13H19NO/c1-10-3-4-12-8-14(9-15)6-5-11(2)13(12)7-10/h3-4,7,11,15H,5-6,8-9H2,1-2H3. The van der Waals surface area contributed by atoms with Gasteiger partial charge in [-0.3, -0.25) is 4.90 Å². The Morgan fingerprint density at radius 3 is 3.00 bits per heavy atom. The molecule has 0 fully saturated rings. The average molecular weight is 205 g/mol. The summed E-state index contributed by atoms with van der Waals surface area (Å²) in [5.41, 5.74) is 4.17. The topological polar surface area (TPSA) is 23.5 Å². The lowest BCUT2D eigenvalue weighted by Crippen LogP contribution is -2.24. The van der Waals surface area contributed by atoms with E-state index in [1.165, 1.54) is 16.7 Å². The van der Waals surface area contributed by atoms with Crippen molar-refractivity contribution in [2.45, 2.75) is 32.7 Å². The normalized spacial score (nSPS) is 22.2. The molecule has 0 radical (unpaired) electrons. The van der Waals surface area contributed by atoms with Crippen LogP contribution in [0.4, 0.5) is 0 Å². The molecule has 1 aromatic rings. The molecule has 1 atom stereocenters. The van der Waals surface area contributed by atoms with Crippen LogP contribution in [0.25, 0.3) is 0 Å². The minimum atomic E-state index is 0.167. The number of nitrogens with zero attached hydrogens (tertiary/aromatic N) is 1. The number of fused-ring (bicyclic) bond motifs is 1. The molecule has 0 amide bonds. The van der Waals surface area contributed by atoms with Gasteiger partial charge >= 0.3 is 0 Å². The Hall–Kier alpha value is -0.860.